The van der Waals surface area contributed by atoms with E-state index >= 15 is 0 Å². The van der Waals surface area contributed by atoms with Crippen molar-refractivity contribution < 1.29 is 28.9 Å². The summed E-state index contributed by atoms with van der Waals surface area (Å²) in [5, 5.41) is 10.4. The van der Waals surface area contributed by atoms with E-state index in [-0.39, 0.29) is 28.6 Å². The second-order valence-electron chi connectivity index (χ2n) is 17.1. The van der Waals surface area contributed by atoms with Crippen LogP contribution in [0.15, 0.2) is 143 Å². The van der Waals surface area contributed by atoms with Crippen LogP contribution in [-0.2, 0) is 19.1 Å². The van der Waals surface area contributed by atoms with E-state index in [1.54, 1.807) is 12.1 Å². The Morgan fingerprint density at radius 3 is 1.51 bits per heavy atom. The van der Waals surface area contributed by atoms with Crippen LogP contribution in [0.3, 0.4) is 0 Å². The Morgan fingerprint density at radius 2 is 1.07 bits per heavy atom. The number of aryl methyl sites for hydroxylation is 2. The van der Waals surface area contributed by atoms with Gasteiger partial charge in [-0.15, -0.1) is 0 Å². The van der Waals surface area contributed by atoms with Gasteiger partial charge in [-0.25, -0.2) is 4.79 Å². The van der Waals surface area contributed by atoms with Crippen LogP contribution >= 0.6 is 39.1 Å². The Bertz CT molecular complexity index is 2740. The second kappa shape index (κ2) is 25.7. The Morgan fingerprint density at radius 1 is 0.623 bits per heavy atom. The molecule has 0 saturated heterocycles. The van der Waals surface area contributed by atoms with Crippen LogP contribution in [0, 0.1) is 13.8 Å². The molecule has 360 valence electrons. The van der Waals surface area contributed by atoms with Crippen LogP contribution in [0.2, 0.25) is 10.0 Å². The van der Waals surface area contributed by atoms with Gasteiger partial charge in [-0.2, -0.15) is 0 Å². The Hall–Kier alpha value is -5.74. The monoisotopic (exact) mass is 1030 g/mol. The molecule has 0 aromatic heterocycles. The van der Waals surface area contributed by atoms with Crippen molar-refractivity contribution in [3.8, 4) is 33.8 Å². The topological polar surface area (TPSA) is 107 Å². The predicted octanol–water partition coefficient (Wildman–Crippen LogP) is 15.4. The molecule has 0 spiro atoms. The number of halogens is 3. The lowest BCUT2D eigenvalue weighted by Crippen LogP contribution is -2.28. The molecule has 8 rings (SSSR count). The first-order valence-corrected chi connectivity index (χ1v) is 25.2. The Labute approximate surface area is 425 Å². The quantitative estimate of drug-likeness (QED) is 0.0860. The van der Waals surface area contributed by atoms with E-state index in [9.17, 15) is 14.7 Å². The van der Waals surface area contributed by atoms with Crippen LogP contribution in [0.25, 0.3) is 22.3 Å². The fourth-order valence-corrected chi connectivity index (χ4v) is 9.44. The summed E-state index contributed by atoms with van der Waals surface area (Å²) < 4.78 is 15.2. The first-order chi connectivity index (χ1) is 33.3. The minimum absolute atomic E-state index is 0.107. The molecule has 2 aliphatic rings. The van der Waals surface area contributed by atoms with Crippen LogP contribution in [0.5, 0.6) is 11.5 Å². The molecule has 6 aromatic rings. The van der Waals surface area contributed by atoms with Gasteiger partial charge in [-0.1, -0.05) is 175 Å². The van der Waals surface area contributed by atoms with Gasteiger partial charge in [-0.3, -0.25) is 14.8 Å². The molecule has 0 saturated carbocycles. The number of aromatic hydroxyl groups is 1. The number of phenols is 1. The van der Waals surface area contributed by atoms with E-state index in [2.05, 4.69) is 132 Å². The van der Waals surface area contributed by atoms with Crippen molar-refractivity contribution in [1.29, 1.82) is 0 Å². The number of nitrogens with zero attached hydrogens (tertiary/aromatic N) is 2. The third kappa shape index (κ3) is 14.2. The number of carbonyl (C=O) groups excluding carboxylic acids is 2. The maximum Gasteiger partial charge on any atom is 0.347 e. The van der Waals surface area contributed by atoms with Gasteiger partial charge in [0.25, 0.3) is 0 Å². The number of hydrogen-bond acceptors (Lipinski definition) is 8. The zero-order valence-electron chi connectivity index (χ0n) is 40.2. The van der Waals surface area contributed by atoms with Gasteiger partial charge in [-0.05, 0) is 132 Å². The van der Waals surface area contributed by atoms with Gasteiger partial charge in [0.05, 0.1) is 36.3 Å². The zero-order chi connectivity index (χ0) is 49.5. The molecule has 4 unspecified atom stereocenters. The Balaban J connectivity index is 0.000000197. The van der Waals surface area contributed by atoms with Gasteiger partial charge in [0.2, 0.25) is 0 Å². The highest BCUT2D eigenvalue weighted by Crippen LogP contribution is 2.37. The molecule has 11 heteroatoms. The standard InChI is InChI=1S/C29H30ClNO3.C23H20ClNO.C6H11BrO2/c1-4-7-28(29(32)33-3)34-27-17-14-22(18-24(27)30)20-10-12-21(13-11-20)25-15-16-26(31-25)23-9-6-5-8-19(23)2;1-15-4-2-3-5-19(15)22-12-11-21(25-22)17-8-6-16(7-9-17)18-10-13-23(26)20(24)14-18;1-3-4-5(7)6(8)9-2/h5-6,8-14,17-18,25,28H,4,7,15-16H2,1-3H3;2-10,13-14,21,26H,11-12H2,1H3;5H,3-4H2,1-2H3. The van der Waals surface area contributed by atoms with E-state index < -0.39 is 12.1 Å². The van der Waals surface area contributed by atoms with E-state index in [1.165, 1.54) is 59.0 Å². The normalized spacial score (nSPS) is 15.8. The number of aliphatic imine (C=N–C) groups is 2. The van der Waals surface area contributed by atoms with Crippen molar-refractivity contribution in [3.05, 3.63) is 177 Å². The van der Waals surface area contributed by atoms with E-state index in [4.69, 9.17) is 42.7 Å². The van der Waals surface area contributed by atoms with Gasteiger partial charge >= 0.3 is 11.9 Å². The smallest absolute Gasteiger partial charge is 0.347 e. The number of esters is 2. The lowest BCUT2D eigenvalue weighted by atomic mass is 9.98. The number of ether oxygens (including phenoxy) is 3. The fourth-order valence-electron chi connectivity index (χ4n) is 8.39. The number of methoxy groups -OCH3 is 2. The third-order valence-electron chi connectivity index (χ3n) is 12.3. The first kappa shape index (κ1) is 52.6. The molecular weight excluding hydrogens is 971 g/mol. The summed E-state index contributed by atoms with van der Waals surface area (Å²) in [4.78, 5) is 32.5. The summed E-state index contributed by atoms with van der Waals surface area (Å²) in [5.41, 5.74) is 14.1. The van der Waals surface area contributed by atoms with Gasteiger partial charge < -0.3 is 19.3 Å². The van der Waals surface area contributed by atoms with E-state index in [0.29, 0.717) is 22.2 Å². The number of carbonyl (C=O) groups is 2. The zero-order valence-corrected chi connectivity index (χ0v) is 43.3. The van der Waals surface area contributed by atoms with Gasteiger partial charge in [0, 0.05) is 11.4 Å². The highest BCUT2D eigenvalue weighted by molar-refractivity contribution is 9.10. The average Bonchev–Trinajstić information content (AvgIpc) is 4.07. The number of rotatable bonds is 14. The van der Waals surface area contributed by atoms with Crippen molar-refractivity contribution in [1.82, 2.24) is 0 Å². The molecular formula is C58H61BrCl2N2O6. The molecule has 69 heavy (non-hydrogen) atoms. The van der Waals surface area contributed by atoms with Crippen LogP contribution in [-0.4, -0.2) is 53.6 Å². The maximum absolute atomic E-state index is 12.0. The van der Waals surface area contributed by atoms with Crippen LogP contribution in [0.1, 0.15) is 111 Å². The molecule has 0 bridgehead atoms. The molecule has 0 aliphatic carbocycles. The highest BCUT2D eigenvalue weighted by Gasteiger charge is 2.24. The Kier molecular flexibility index (Phi) is 19.6. The van der Waals surface area contributed by atoms with Crippen molar-refractivity contribution in [2.75, 3.05) is 14.2 Å². The van der Waals surface area contributed by atoms with Crippen molar-refractivity contribution in [3.63, 3.8) is 0 Å². The third-order valence-corrected chi connectivity index (χ3v) is 13.7. The number of phenolic OH excluding ortho intramolecular Hbond substituents is 1. The molecule has 1 N–H and O–H groups in total. The molecule has 6 aromatic carbocycles. The number of hydrogen-bond donors (Lipinski definition) is 1. The second-order valence-corrected chi connectivity index (χ2v) is 19.1. The average molecular weight is 1030 g/mol. The van der Waals surface area contributed by atoms with Crippen molar-refractivity contribution in [2.24, 2.45) is 9.98 Å². The molecule has 0 radical (unpaired) electrons. The number of alkyl halides is 1. The van der Waals surface area contributed by atoms with Crippen LogP contribution < -0.4 is 4.74 Å². The summed E-state index contributed by atoms with van der Waals surface area (Å²) >= 11 is 15.7. The fraction of sp³-hybridized carbons (Fsp3) is 0.310. The summed E-state index contributed by atoms with van der Waals surface area (Å²) in [6, 6.07) is 45.2. The van der Waals surface area contributed by atoms with Gasteiger partial charge in [0.1, 0.15) is 16.3 Å². The minimum atomic E-state index is -0.658. The lowest BCUT2D eigenvalue weighted by molar-refractivity contribution is -0.149. The summed E-state index contributed by atoms with van der Waals surface area (Å²) in [6.07, 6.45) is 6.64. The van der Waals surface area contributed by atoms with Crippen molar-refractivity contribution >= 4 is 62.5 Å². The number of benzene rings is 6. The largest absolute Gasteiger partial charge is 0.506 e. The molecule has 4 atom stereocenters. The SMILES string of the molecule is CCCC(Br)C(=O)OC.CCCC(Oc1ccc(-c2ccc(C3CCC(c4ccccc4C)=N3)cc2)cc1Cl)C(=O)OC.Cc1ccccc1C1=NC(c2ccc(-c3ccc(O)c(Cl)c3)cc2)CC1. The van der Waals surface area contributed by atoms with E-state index in [0.717, 1.165) is 67.2 Å². The first-order valence-electron chi connectivity index (χ1n) is 23.5. The van der Waals surface area contributed by atoms with Crippen molar-refractivity contribution in [2.45, 2.75) is 102 Å². The molecule has 8 nitrogen and oxygen atoms in total. The summed E-state index contributed by atoms with van der Waals surface area (Å²) in [7, 11) is 2.76. The van der Waals surface area contributed by atoms with Crippen LogP contribution in [0.4, 0.5) is 0 Å². The lowest BCUT2D eigenvalue weighted by Gasteiger charge is -2.17. The minimum Gasteiger partial charge on any atom is -0.506 e. The maximum atomic E-state index is 12.0. The van der Waals surface area contributed by atoms with E-state index in [1.807, 2.05) is 38.1 Å². The van der Waals surface area contributed by atoms with Gasteiger partial charge in [0.15, 0.2) is 6.10 Å². The molecule has 0 fully saturated rings. The summed E-state index contributed by atoms with van der Waals surface area (Å²) in [6.45, 7) is 8.30. The summed E-state index contributed by atoms with van der Waals surface area (Å²) in [5.74, 6) is 0.0144. The predicted molar refractivity (Wildman–Crippen MR) is 286 cm³/mol. The highest BCUT2D eigenvalue weighted by atomic mass is 79.9. The molecule has 2 aliphatic heterocycles. The molecule has 2 heterocycles. The molecule has 0 amide bonds.